The standard InChI is InChI=1S/C34H28N6/c1-34(2,3)28-16-14-23(15-17-28)26-20-27(22-35-21-26)30-36-19-18-29(37-30)33-39-31(24-10-6-4-7-11-24)38-32(40-33)25-12-8-5-9-13-25/h4-22H,1-3H3. The molecule has 0 bridgehead atoms. The highest BCUT2D eigenvalue weighted by Gasteiger charge is 2.16. The Morgan fingerprint density at radius 3 is 1.65 bits per heavy atom. The molecule has 0 aliphatic rings. The van der Waals surface area contributed by atoms with Crippen LogP contribution in [0.4, 0.5) is 0 Å². The van der Waals surface area contributed by atoms with Gasteiger partial charge in [-0.15, -0.1) is 0 Å². The molecule has 0 amide bonds. The van der Waals surface area contributed by atoms with Crippen molar-refractivity contribution in [1.29, 1.82) is 0 Å². The molecule has 0 aliphatic carbocycles. The summed E-state index contributed by atoms with van der Waals surface area (Å²) in [4.78, 5) is 28.3. The molecule has 0 fully saturated rings. The molecular formula is C34H28N6. The summed E-state index contributed by atoms with van der Waals surface area (Å²) in [6.45, 7) is 6.64. The van der Waals surface area contributed by atoms with Crippen LogP contribution in [0.1, 0.15) is 26.3 Å². The second-order valence-electron chi connectivity index (χ2n) is 10.6. The van der Waals surface area contributed by atoms with E-state index in [9.17, 15) is 0 Å². The normalized spacial score (nSPS) is 11.4. The molecule has 40 heavy (non-hydrogen) atoms. The molecule has 6 nitrogen and oxygen atoms in total. The Kier molecular flexibility index (Phi) is 6.66. The van der Waals surface area contributed by atoms with Crippen LogP contribution in [0.5, 0.6) is 0 Å². The fourth-order valence-corrected chi connectivity index (χ4v) is 4.43. The molecule has 0 unspecified atom stereocenters. The lowest BCUT2D eigenvalue weighted by Gasteiger charge is -2.19. The van der Waals surface area contributed by atoms with E-state index in [2.05, 4.69) is 61.1 Å². The first kappa shape index (κ1) is 25.2. The van der Waals surface area contributed by atoms with E-state index in [1.807, 2.05) is 72.9 Å². The van der Waals surface area contributed by atoms with Gasteiger partial charge in [-0.25, -0.2) is 24.9 Å². The Morgan fingerprint density at radius 1 is 0.475 bits per heavy atom. The van der Waals surface area contributed by atoms with Crippen molar-refractivity contribution in [3.63, 3.8) is 0 Å². The Hall–Kier alpha value is -5.10. The van der Waals surface area contributed by atoms with E-state index in [0.29, 0.717) is 29.0 Å². The summed E-state index contributed by atoms with van der Waals surface area (Å²) in [5.74, 6) is 2.22. The van der Waals surface area contributed by atoms with Crippen molar-refractivity contribution in [2.24, 2.45) is 0 Å². The molecule has 3 aromatic heterocycles. The van der Waals surface area contributed by atoms with Gasteiger partial charge < -0.3 is 0 Å². The lowest BCUT2D eigenvalue weighted by atomic mass is 9.86. The van der Waals surface area contributed by atoms with E-state index >= 15 is 0 Å². The van der Waals surface area contributed by atoms with Crippen molar-refractivity contribution in [3.05, 3.63) is 121 Å². The monoisotopic (exact) mass is 520 g/mol. The predicted octanol–water partition coefficient (Wildman–Crippen LogP) is 7.69. The second kappa shape index (κ2) is 10.6. The van der Waals surface area contributed by atoms with E-state index in [-0.39, 0.29) is 5.41 Å². The number of hydrogen-bond donors (Lipinski definition) is 0. The Labute approximate surface area is 233 Å². The summed E-state index contributed by atoms with van der Waals surface area (Å²) >= 11 is 0. The van der Waals surface area contributed by atoms with Gasteiger partial charge in [0.15, 0.2) is 23.3 Å². The minimum Gasteiger partial charge on any atom is -0.263 e. The Balaban J connectivity index is 1.39. The van der Waals surface area contributed by atoms with Crippen LogP contribution in [-0.2, 0) is 5.41 Å². The van der Waals surface area contributed by atoms with Crippen LogP contribution in [0.25, 0.3) is 56.8 Å². The third-order valence-electron chi connectivity index (χ3n) is 6.66. The topological polar surface area (TPSA) is 77.3 Å². The summed E-state index contributed by atoms with van der Waals surface area (Å²) in [5.41, 5.74) is 6.74. The third-order valence-corrected chi connectivity index (χ3v) is 6.66. The van der Waals surface area contributed by atoms with Crippen molar-refractivity contribution in [1.82, 2.24) is 29.9 Å². The Bertz CT molecular complexity index is 1700. The lowest BCUT2D eigenvalue weighted by Crippen LogP contribution is -2.10. The Morgan fingerprint density at radius 2 is 1.05 bits per heavy atom. The van der Waals surface area contributed by atoms with Gasteiger partial charge in [-0.05, 0) is 28.7 Å². The molecule has 6 heteroatoms. The van der Waals surface area contributed by atoms with Gasteiger partial charge in [0.05, 0.1) is 0 Å². The van der Waals surface area contributed by atoms with E-state index in [4.69, 9.17) is 19.9 Å². The quantitative estimate of drug-likeness (QED) is 0.232. The van der Waals surface area contributed by atoms with Crippen LogP contribution in [0.3, 0.4) is 0 Å². The highest BCUT2D eigenvalue weighted by Crippen LogP contribution is 2.29. The van der Waals surface area contributed by atoms with Gasteiger partial charge >= 0.3 is 0 Å². The van der Waals surface area contributed by atoms with Crippen LogP contribution in [-0.4, -0.2) is 29.9 Å². The van der Waals surface area contributed by atoms with Crippen molar-refractivity contribution in [2.45, 2.75) is 26.2 Å². The zero-order valence-corrected chi connectivity index (χ0v) is 22.7. The molecule has 0 N–H and O–H groups in total. The zero-order chi connectivity index (χ0) is 27.5. The first-order chi connectivity index (χ1) is 19.4. The summed E-state index contributed by atoms with van der Waals surface area (Å²) in [6.07, 6.45) is 5.38. The van der Waals surface area contributed by atoms with Crippen LogP contribution >= 0.6 is 0 Å². The fraction of sp³-hybridized carbons (Fsp3) is 0.118. The van der Waals surface area contributed by atoms with Crippen molar-refractivity contribution >= 4 is 0 Å². The maximum absolute atomic E-state index is 4.86. The molecule has 0 saturated heterocycles. The highest BCUT2D eigenvalue weighted by atomic mass is 15.1. The van der Waals surface area contributed by atoms with E-state index in [1.165, 1.54) is 5.56 Å². The van der Waals surface area contributed by atoms with Crippen molar-refractivity contribution < 1.29 is 0 Å². The minimum absolute atomic E-state index is 0.0999. The van der Waals surface area contributed by atoms with Gasteiger partial charge in [0.2, 0.25) is 0 Å². The third kappa shape index (κ3) is 5.38. The predicted molar refractivity (Wildman–Crippen MR) is 159 cm³/mol. The fourth-order valence-electron chi connectivity index (χ4n) is 4.43. The minimum atomic E-state index is 0.0999. The van der Waals surface area contributed by atoms with Gasteiger partial charge in [-0.1, -0.05) is 106 Å². The summed E-state index contributed by atoms with van der Waals surface area (Å²) < 4.78 is 0. The first-order valence-electron chi connectivity index (χ1n) is 13.2. The van der Waals surface area contributed by atoms with Crippen LogP contribution in [0, 0.1) is 0 Å². The van der Waals surface area contributed by atoms with Gasteiger partial charge in [-0.3, -0.25) is 4.98 Å². The molecule has 0 spiro atoms. The second-order valence-corrected chi connectivity index (χ2v) is 10.6. The average Bonchev–Trinajstić information content (AvgIpc) is 3.01. The zero-order valence-electron chi connectivity index (χ0n) is 22.7. The maximum Gasteiger partial charge on any atom is 0.182 e. The average molecular weight is 521 g/mol. The van der Waals surface area contributed by atoms with Gasteiger partial charge in [0, 0.05) is 40.8 Å². The molecule has 0 saturated carbocycles. The summed E-state index contributed by atoms with van der Waals surface area (Å²) in [6, 6.07) is 32.3. The van der Waals surface area contributed by atoms with Crippen LogP contribution in [0.15, 0.2) is 116 Å². The van der Waals surface area contributed by atoms with Gasteiger partial charge in [-0.2, -0.15) is 0 Å². The molecule has 3 aromatic carbocycles. The largest absolute Gasteiger partial charge is 0.263 e. The molecule has 0 radical (unpaired) electrons. The molecule has 6 rings (SSSR count). The smallest absolute Gasteiger partial charge is 0.182 e. The number of rotatable bonds is 5. The molecule has 6 aromatic rings. The molecule has 0 aliphatic heterocycles. The first-order valence-corrected chi connectivity index (χ1v) is 13.2. The molecule has 0 atom stereocenters. The molecule has 3 heterocycles. The van der Waals surface area contributed by atoms with Gasteiger partial charge in [0.25, 0.3) is 0 Å². The number of benzene rings is 3. The van der Waals surface area contributed by atoms with Crippen LogP contribution in [0.2, 0.25) is 0 Å². The molecular weight excluding hydrogens is 492 g/mol. The van der Waals surface area contributed by atoms with Crippen LogP contribution < -0.4 is 0 Å². The maximum atomic E-state index is 4.86. The van der Waals surface area contributed by atoms with Gasteiger partial charge in [0.1, 0.15) is 5.69 Å². The van der Waals surface area contributed by atoms with E-state index in [1.54, 1.807) is 12.4 Å². The van der Waals surface area contributed by atoms with E-state index < -0.39 is 0 Å². The number of aromatic nitrogens is 6. The number of nitrogens with zero attached hydrogens (tertiary/aromatic N) is 6. The van der Waals surface area contributed by atoms with Crippen molar-refractivity contribution in [3.8, 4) is 56.8 Å². The highest BCUT2D eigenvalue weighted by molar-refractivity contribution is 5.70. The molecule has 194 valence electrons. The lowest BCUT2D eigenvalue weighted by molar-refractivity contribution is 0.590. The van der Waals surface area contributed by atoms with E-state index in [0.717, 1.165) is 27.8 Å². The number of pyridine rings is 1. The number of hydrogen-bond acceptors (Lipinski definition) is 6. The summed E-state index contributed by atoms with van der Waals surface area (Å²) in [7, 11) is 0. The SMILES string of the molecule is CC(C)(C)c1ccc(-c2cncc(-c3nccc(-c4nc(-c5ccccc5)nc(-c5ccccc5)n4)n3)c2)cc1. The summed E-state index contributed by atoms with van der Waals surface area (Å²) in [5, 5.41) is 0. The van der Waals surface area contributed by atoms with Crippen molar-refractivity contribution in [2.75, 3.05) is 0 Å².